The Morgan fingerprint density at radius 2 is 2.18 bits per heavy atom. The molecule has 1 amide bonds. The lowest BCUT2D eigenvalue weighted by Gasteiger charge is -2.19. The summed E-state index contributed by atoms with van der Waals surface area (Å²) in [6.45, 7) is 4.21. The molecule has 1 fully saturated rings. The third kappa shape index (κ3) is 5.04. The van der Waals surface area contributed by atoms with E-state index >= 15 is 0 Å². The summed E-state index contributed by atoms with van der Waals surface area (Å²) < 4.78 is 5.02. The number of nitrogens with two attached hydrogens (primary N) is 1. The molecular formula is C13H26N2O2. The molecule has 3 unspecified atom stereocenters. The SMILES string of the molecule is COCC(C)CC(=O)NCC1CCCC1CN. The van der Waals surface area contributed by atoms with Gasteiger partial charge in [-0.1, -0.05) is 13.3 Å². The van der Waals surface area contributed by atoms with Crippen LogP contribution in [0.2, 0.25) is 0 Å². The van der Waals surface area contributed by atoms with E-state index in [-0.39, 0.29) is 11.8 Å². The zero-order valence-corrected chi connectivity index (χ0v) is 11.1. The minimum absolute atomic E-state index is 0.136. The summed E-state index contributed by atoms with van der Waals surface area (Å²) in [7, 11) is 1.67. The first-order valence-corrected chi connectivity index (χ1v) is 6.63. The van der Waals surface area contributed by atoms with Crippen molar-refractivity contribution >= 4 is 5.91 Å². The van der Waals surface area contributed by atoms with Crippen LogP contribution in [-0.2, 0) is 9.53 Å². The predicted octanol–water partition coefficient (Wildman–Crippen LogP) is 1.15. The maximum Gasteiger partial charge on any atom is 0.220 e. The first-order valence-electron chi connectivity index (χ1n) is 6.63. The fraction of sp³-hybridized carbons (Fsp3) is 0.923. The van der Waals surface area contributed by atoms with Crippen molar-refractivity contribution in [3.8, 4) is 0 Å². The van der Waals surface area contributed by atoms with Crippen LogP contribution in [0.4, 0.5) is 0 Å². The molecule has 1 saturated carbocycles. The molecule has 4 nitrogen and oxygen atoms in total. The Kier molecular flexibility index (Phi) is 6.52. The highest BCUT2D eigenvalue weighted by atomic mass is 16.5. The van der Waals surface area contributed by atoms with Gasteiger partial charge in [-0.25, -0.2) is 0 Å². The van der Waals surface area contributed by atoms with Crippen LogP contribution in [0.15, 0.2) is 0 Å². The maximum atomic E-state index is 11.7. The highest BCUT2D eigenvalue weighted by Gasteiger charge is 2.26. The fourth-order valence-electron chi connectivity index (χ4n) is 2.67. The molecule has 0 saturated heterocycles. The molecule has 0 aromatic heterocycles. The van der Waals surface area contributed by atoms with Gasteiger partial charge in [0.2, 0.25) is 5.91 Å². The van der Waals surface area contributed by atoms with Crippen molar-refractivity contribution in [2.45, 2.75) is 32.6 Å². The summed E-state index contributed by atoms with van der Waals surface area (Å²) in [5.74, 6) is 1.61. The summed E-state index contributed by atoms with van der Waals surface area (Å²) in [6, 6.07) is 0. The topological polar surface area (TPSA) is 64.3 Å². The van der Waals surface area contributed by atoms with Crippen LogP contribution in [0.1, 0.15) is 32.6 Å². The van der Waals surface area contributed by atoms with Crippen LogP contribution in [0.3, 0.4) is 0 Å². The van der Waals surface area contributed by atoms with E-state index in [1.807, 2.05) is 6.92 Å². The molecule has 3 atom stereocenters. The summed E-state index contributed by atoms with van der Waals surface area (Å²) in [4.78, 5) is 11.7. The average molecular weight is 242 g/mol. The third-order valence-electron chi connectivity index (χ3n) is 3.67. The summed E-state index contributed by atoms with van der Waals surface area (Å²) in [6.07, 6.45) is 4.23. The first-order chi connectivity index (χ1) is 8.17. The Morgan fingerprint density at radius 3 is 2.82 bits per heavy atom. The van der Waals surface area contributed by atoms with Gasteiger partial charge in [0, 0.05) is 26.7 Å². The van der Waals surface area contributed by atoms with Gasteiger partial charge in [0.15, 0.2) is 0 Å². The van der Waals surface area contributed by atoms with Crippen molar-refractivity contribution in [1.29, 1.82) is 0 Å². The van der Waals surface area contributed by atoms with Crippen LogP contribution in [0.25, 0.3) is 0 Å². The van der Waals surface area contributed by atoms with E-state index in [4.69, 9.17) is 10.5 Å². The van der Waals surface area contributed by atoms with Crippen LogP contribution in [0.5, 0.6) is 0 Å². The quantitative estimate of drug-likeness (QED) is 0.704. The summed E-state index contributed by atoms with van der Waals surface area (Å²) in [5.41, 5.74) is 5.72. The number of carbonyl (C=O) groups is 1. The van der Waals surface area contributed by atoms with Gasteiger partial charge >= 0.3 is 0 Å². The lowest BCUT2D eigenvalue weighted by molar-refractivity contribution is -0.122. The number of ether oxygens (including phenoxy) is 1. The molecule has 3 N–H and O–H groups in total. The molecular weight excluding hydrogens is 216 g/mol. The van der Waals surface area contributed by atoms with Gasteiger partial charge in [0.1, 0.15) is 0 Å². The Hall–Kier alpha value is -0.610. The molecule has 0 aromatic carbocycles. The number of rotatable bonds is 7. The number of hydrogen-bond donors (Lipinski definition) is 2. The Labute approximate surface area is 104 Å². The minimum Gasteiger partial charge on any atom is -0.384 e. The maximum absolute atomic E-state index is 11.7. The number of carbonyl (C=O) groups excluding carboxylic acids is 1. The van der Waals surface area contributed by atoms with Gasteiger partial charge in [-0.3, -0.25) is 4.79 Å². The van der Waals surface area contributed by atoms with E-state index in [0.29, 0.717) is 24.9 Å². The van der Waals surface area contributed by atoms with Crippen LogP contribution >= 0.6 is 0 Å². The first kappa shape index (κ1) is 14.5. The van der Waals surface area contributed by atoms with E-state index < -0.39 is 0 Å². The Balaban J connectivity index is 2.19. The van der Waals surface area contributed by atoms with Crippen LogP contribution < -0.4 is 11.1 Å². The molecule has 0 heterocycles. The van der Waals surface area contributed by atoms with Crippen molar-refractivity contribution in [2.75, 3.05) is 26.8 Å². The van der Waals surface area contributed by atoms with Gasteiger partial charge < -0.3 is 15.8 Å². The molecule has 0 bridgehead atoms. The smallest absolute Gasteiger partial charge is 0.220 e. The summed E-state index contributed by atoms with van der Waals surface area (Å²) >= 11 is 0. The molecule has 0 radical (unpaired) electrons. The number of methoxy groups -OCH3 is 1. The van der Waals surface area contributed by atoms with Crippen molar-refractivity contribution < 1.29 is 9.53 Å². The van der Waals surface area contributed by atoms with E-state index in [9.17, 15) is 4.79 Å². The van der Waals surface area contributed by atoms with E-state index in [1.165, 1.54) is 19.3 Å². The second kappa shape index (κ2) is 7.67. The molecule has 0 spiro atoms. The molecule has 1 aliphatic rings. The van der Waals surface area contributed by atoms with Crippen molar-refractivity contribution in [1.82, 2.24) is 5.32 Å². The lowest BCUT2D eigenvalue weighted by atomic mass is 9.96. The highest BCUT2D eigenvalue weighted by Crippen LogP contribution is 2.30. The van der Waals surface area contributed by atoms with Crippen molar-refractivity contribution in [3.05, 3.63) is 0 Å². The second-order valence-corrected chi connectivity index (χ2v) is 5.26. The van der Waals surface area contributed by atoms with E-state index in [0.717, 1.165) is 13.1 Å². The molecule has 1 rings (SSSR count). The zero-order valence-electron chi connectivity index (χ0n) is 11.1. The number of hydrogen-bond acceptors (Lipinski definition) is 3. The predicted molar refractivity (Wildman–Crippen MR) is 68.6 cm³/mol. The average Bonchev–Trinajstić information content (AvgIpc) is 2.73. The molecule has 100 valence electrons. The number of amides is 1. The van der Waals surface area contributed by atoms with Gasteiger partial charge in [0.05, 0.1) is 0 Å². The minimum atomic E-state index is 0.136. The van der Waals surface area contributed by atoms with Crippen LogP contribution in [0, 0.1) is 17.8 Å². The zero-order chi connectivity index (χ0) is 12.7. The molecule has 0 aliphatic heterocycles. The Bertz CT molecular complexity index is 233. The van der Waals surface area contributed by atoms with E-state index in [1.54, 1.807) is 7.11 Å². The normalized spacial score (nSPS) is 25.8. The molecule has 4 heteroatoms. The van der Waals surface area contributed by atoms with Crippen LogP contribution in [-0.4, -0.2) is 32.7 Å². The number of nitrogens with one attached hydrogen (secondary N) is 1. The van der Waals surface area contributed by atoms with Crippen molar-refractivity contribution in [2.24, 2.45) is 23.5 Å². The Morgan fingerprint density at radius 1 is 1.47 bits per heavy atom. The van der Waals surface area contributed by atoms with E-state index in [2.05, 4.69) is 5.32 Å². The standard InChI is InChI=1S/C13H26N2O2/c1-10(9-17-2)6-13(16)15-8-12-5-3-4-11(12)7-14/h10-12H,3-9,14H2,1-2H3,(H,15,16). The largest absolute Gasteiger partial charge is 0.384 e. The van der Waals surface area contributed by atoms with Gasteiger partial charge in [-0.2, -0.15) is 0 Å². The fourth-order valence-corrected chi connectivity index (χ4v) is 2.67. The molecule has 17 heavy (non-hydrogen) atoms. The van der Waals surface area contributed by atoms with Gasteiger partial charge in [-0.15, -0.1) is 0 Å². The van der Waals surface area contributed by atoms with Gasteiger partial charge in [-0.05, 0) is 37.1 Å². The third-order valence-corrected chi connectivity index (χ3v) is 3.67. The van der Waals surface area contributed by atoms with Crippen molar-refractivity contribution in [3.63, 3.8) is 0 Å². The lowest BCUT2D eigenvalue weighted by Crippen LogP contribution is -2.33. The molecule has 1 aliphatic carbocycles. The highest BCUT2D eigenvalue weighted by molar-refractivity contribution is 5.76. The monoisotopic (exact) mass is 242 g/mol. The molecule has 0 aromatic rings. The van der Waals surface area contributed by atoms with Gasteiger partial charge in [0.25, 0.3) is 0 Å². The summed E-state index contributed by atoms with van der Waals surface area (Å²) in [5, 5.41) is 3.03. The second-order valence-electron chi connectivity index (χ2n) is 5.26.